The minimum atomic E-state index is -1.62. The van der Waals surface area contributed by atoms with E-state index in [9.17, 15) is 19.5 Å². The minimum Gasteiger partial charge on any atom is -0.545 e. The highest BCUT2D eigenvalue weighted by Gasteiger charge is 2.22. The maximum Gasteiger partial charge on any atom is 0.306 e. The minimum absolute atomic E-state index is 0.147. The number of carboxylic acid groups (broad SMARTS) is 1. The summed E-state index contributed by atoms with van der Waals surface area (Å²) in [4.78, 5) is 37.4. The fourth-order valence-corrected chi connectivity index (χ4v) is 8.88. The first kappa shape index (κ1) is 70.2. The summed E-state index contributed by atoms with van der Waals surface area (Å²) in [6.07, 6.45) is 65.9. The summed E-state index contributed by atoms with van der Waals surface area (Å²) >= 11 is 0. The van der Waals surface area contributed by atoms with Crippen molar-refractivity contribution in [1.29, 1.82) is 0 Å². The molecule has 0 spiro atoms. The Morgan fingerprint density at radius 3 is 1.16 bits per heavy atom. The van der Waals surface area contributed by atoms with Crippen molar-refractivity contribution in [1.82, 2.24) is 0 Å². The Kier molecular flexibility index (Phi) is 53.4. The number of hydrogen-bond acceptors (Lipinski definition) is 8. The molecule has 0 radical (unpaired) electrons. The first-order valence-corrected chi connectivity index (χ1v) is 30.8. The molecule has 2 atom stereocenters. The van der Waals surface area contributed by atoms with E-state index in [1.54, 1.807) is 0 Å². The fraction of sp³-hybridized carbons (Fsp3) is 0.828. The van der Waals surface area contributed by atoms with Crippen LogP contribution in [0, 0.1) is 0 Å². The van der Waals surface area contributed by atoms with Gasteiger partial charge in [0.15, 0.2) is 12.4 Å². The molecule has 0 aromatic rings. The van der Waals surface area contributed by atoms with Crippen LogP contribution in [0.3, 0.4) is 0 Å². The van der Waals surface area contributed by atoms with Crippen molar-refractivity contribution >= 4 is 17.9 Å². The first-order valence-electron chi connectivity index (χ1n) is 30.8. The maximum atomic E-state index is 12.9. The number of ether oxygens (including phenoxy) is 4. The van der Waals surface area contributed by atoms with Crippen LogP contribution in [0.15, 0.2) is 48.6 Å². The molecule has 0 fully saturated rings. The van der Waals surface area contributed by atoms with E-state index < -0.39 is 24.3 Å². The fourth-order valence-electron chi connectivity index (χ4n) is 8.88. The molecule has 0 heterocycles. The van der Waals surface area contributed by atoms with E-state index in [0.29, 0.717) is 23.9 Å². The molecule has 9 heteroatoms. The molecular weight excluding hydrogens is 911 g/mol. The van der Waals surface area contributed by atoms with Crippen molar-refractivity contribution in [2.24, 2.45) is 0 Å². The molecule has 0 saturated heterocycles. The van der Waals surface area contributed by atoms with Crippen LogP contribution in [0.25, 0.3) is 0 Å². The van der Waals surface area contributed by atoms with Crippen LogP contribution in [0.1, 0.15) is 284 Å². The number of esters is 2. The number of aliphatic carboxylic acids is 1. The third-order valence-electron chi connectivity index (χ3n) is 13.6. The molecule has 0 amide bonds. The average Bonchev–Trinajstić information content (AvgIpc) is 3.36. The molecule has 0 bridgehead atoms. The van der Waals surface area contributed by atoms with E-state index >= 15 is 0 Å². The van der Waals surface area contributed by atoms with Crippen LogP contribution < -0.4 is 5.11 Å². The quantitative estimate of drug-likeness (QED) is 0.0195. The van der Waals surface area contributed by atoms with E-state index in [-0.39, 0.29) is 32.2 Å². The van der Waals surface area contributed by atoms with E-state index in [1.807, 2.05) is 21.1 Å². The lowest BCUT2D eigenvalue weighted by Crippen LogP contribution is -2.44. The third-order valence-corrected chi connectivity index (χ3v) is 13.6. The molecule has 0 rings (SSSR count). The number of carbonyl (C=O) groups is 3. The van der Waals surface area contributed by atoms with Crippen LogP contribution in [-0.4, -0.2) is 82.3 Å². The third kappa shape index (κ3) is 56.8. The summed E-state index contributed by atoms with van der Waals surface area (Å²) in [6, 6.07) is 0. The molecule has 0 aromatic carbocycles. The second kappa shape index (κ2) is 55.5. The SMILES string of the molecule is CC/C=C\C/C=C\C/C=C\C/C=C\CCCCCCCCCCCCC(=O)OC(COC(=O)CCCCCCCCCCCCCCCCCCCCCCCCCCC)COC(OCC[N+](C)(C)C)C(=O)[O-]. The van der Waals surface area contributed by atoms with Gasteiger partial charge in [0, 0.05) is 12.8 Å². The number of allylic oxidation sites excluding steroid dienone is 8. The summed E-state index contributed by atoms with van der Waals surface area (Å²) in [5, 5.41) is 11.8. The molecule has 0 saturated carbocycles. The van der Waals surface area contributed by atoms with Gasteiger partial charge in [0.05, 0.1) is 40.3 Å². The second-order valence-corrected chi connectivity index (χ2v) is 22.0. The molecule has 73 heavy (non-hydrogen) atoms. The van der Waals surface area contributed by atoms with E-state index in [2.05, 4.69) is 62.5 Å². The zero-order valence-electron chi connectivity index (χ0n) is 48.5. The molecule has 2 unspecified atom stereocenters. The topological polar surface area (TPSA) is 111 Å². The molecule has 0 aliphatic rings. The number of carboxylic acids is 1. The van der Waals surface area contributed by atoms with Crippen molar-refractivity contribution in [3.8, 4) is 0 Å². The number of hydrogen-bond donors (Lipinski definition) is 0. The van der Waals surface area contributed by atoms with Crippen LogP contribution in [0.4, 0.5) is 0 Å². The Bertz CT molecular complexity index is 1340. The number of quaternary nitrogens is 1. The normalized spacial score (nSPS) is 13.1. The standard InChI is InChI=1S/C64H117NO8/c1-6-8-10-12-14-16-18-20-22-24-26-28-30-31-33-34-36-38-40-42-44-46-48-50-52-54-61(66)71-58-60(59-72-64(63(68)69)70-57-56-65(3,4)5)73-62(67)55-53-51-49-47-45-43-41-39-37-35-32-29-27-25-23-21-19-17-15-13-11-9-7-2/h9,11,15,17,21,23,27,29,60,64H,6-8,10,12-14,16,18-20,22,24-26,28,30-59H2,1-5H3/b11-9-,17-15-,23-21-,29-27-. The largest absolute Gasteiger partial charge is 0.545 e. The first-order chi connectivity index (χ1) is 35.6. The Balaban J connectivity index is 4.18. The highest BCUT2D eigenvalue weighted by atomic mass is 16.7. The number of rotatable bonds is 57. The predicted octanol–water partition coefficient (Wildman–Crippen LogP) is 16.9. The Morgan fingerprint density at radius 1 is 0.425 bits per heavy atom. The van der Waals surface area contributed by atoms with Gasteiger partial charge in [-0.25, -0.2) is 0 Å². The number of carbonyl (C=O) groups excluding carboxylic acids is 3. The lowest BCUT2D eigenvalue weighted by Gasteiger charge is -2.26. The smallest absolute Gasteiger partial charge is 0.306 e. The summed E-state index contributed by atoms with van der Waals surface area (Å²) in [6.45, 7) is 4.67. The second-order valence-electron chi connectivity index (χ2n) is 22.0. The van der Waals surface area contributed by atoms with Crippen molar-refractivity contribution < 1.29 is 42.9 Å². The van der Waals surface area contributed by atoms with E-state index in [1.165, 1.54) is 180 Å². The van der Waals surface area contributed by atoms with Crippen LogP contribution in [-0.2, 0) is 33.3 Å². The van der Waals surface area contributed by atoms with Gasteiger partial charge in [0.2, 0.25) is 0 Å². The Labute approximate surface area is 451 Å². The summed E-state index contributed by atoms with van der Waals surface area (Å²) in [5.74, 6) is -2.27. The summed E-state index contributed by atoms with van der Waals surface area (Å²) in [5.41, 5.74) is 0. The average molecular weight is 1030 g/mol. The molecular formula is C64H117NO8. The van der Waals surface area contributed by atoms with Gasteiger partial charge in [0.1, 0.15) is 13.2 Å². The van der Waals surface area contributed by atoms with Crippen LogP contribution in [0.5, 0.6) is 0 Å². The van der Waals surface area contributed by atoms with Gasteiger partial charge in [-0.15, -0.1) is 0 Å². The Morgan fingerprint density at radius 2 is 0.781 bits per heavy atom. The van der Waals surface area contributed by atoms with Gasteiger partial charge in [-0.1, -0.05) is 268 Å². The van der Waals surface area contributed by atoms with E-state index in [0.717, 1.165) is 70.6 Å². The van der Waals surface area contributed by atoms with E-state index in [4.69, 9.17) is 18.9 Å². The van der Waals surface area contributed by atoms with Gasteiger partial charge in [0.25, 0.3) is 0 Å². The zero-order valence-corrected chi connectivity index (χ0v) is 48.5. The van der Waals surface area contributed by atoms with Gasteiger partial charge in [-0.3, -0.25) is 9.59 Å². The lowest BCUT2D eigenvalue weighted by atomic mass is 10.0. The predicted molar refractivity (Wildman–Crippen MR) is 306 cm³/mol. The molecule has 426 valence electrons. The Hall–Kier alpha value is -2.75. The molecule has 9 nitrogen and oxygen atoms in total. The maximum absolute atomic E-state index is 12.9. The number of unbranched alkanes of at least 4 members (excludes halogenated alkanes) is 34. The van der Waals surface area contributed by atoms with Crippen LogP contribution >= 0.6 is 0 Å². The number of nitrogens with zero attached hydrogens (tertiary/aromatic N) is 1. The van der Waals surface area contributed by atoms with Gasteiger partial charge >= 0.3 is 11.9 Å². The van der Waals surface area contributed by atoms with Gasteiger partial charge < -0.3 is 33.3 Å². The monoisotopic (exact) mass is 1030 g/mol. The molecule has 0 aliphatic carbocycles. The summed E-state index contributed by atoms with van der Waals surface area (Å²) < 4.78 is 22.7. The highest BCUT2D eigenvalue weighted by molar-refractivity contribution is 5.70. The molecule has 0 N–H and O–H groups in total. The van der Waals surface area contributed by atoms with Crippen LogP contribution in [0.2, 0.25) is 0 Å². The van der Waals surface area contributed by atoms with Crippen molar-refractivity contribution in [3.05, 3.63) is 48.6 Å². The molecule has 0 aromatic heterocycles. The zero-order chi connectivity index (χ0) is 53.4. The summed E-state index contributed by atoms with van der Waals surface area (Å²) in [7, 11) is 5.93. The van der Waals surface area contributed by atoms with Crippen molar-refractivity contribution in [3.63, 3.8) is 0 Å². The van der Waals surface area contributed by atoms with Gasteiger partial charge in [-0.05, 0) is 51.4 Å². The van der Waals surface area contributed by atoms with Crippen molar-refractivity contribution in [2.75, 3.05) is 47.5 Å². The highest BCUT2D eigenvalue weighted by Crippen LogP contribution is 2.17. The van der Waals surface area contributed by atoms with Crippen molar-refractivity contribution in [2.45, 2.75) is 296 Å². The lowest BCUT2D eigenvalue weighted by molar-refractivity contribution is -0.870. The van der Waals surface area contributed by atoms with Gasteiger partial charge in [-0.2, -0.15) is 0 Å². The molecule has 0 aliphatic heterocycles. The number of likely N-dealkylation sites (N-methyl/N-ethyl adjacent to an activating group) is 1.